The van der Waals surface area contributed by atoms with E-state index in [9.17, 15) is 0 Å². The number of anilines is 1. The zero-order valence-corrected chi connectivity index (χ0v) is 11.4. The summed E-state index contributed by atoms with van der Waals surface area (Å²) in [6.07, 6.45) is 7.68. The summed E-state index contributed by atoms with van der Waals surface area (Å²) in [5, 5.41) is 3.38. The molecule has 3 atom stereocenters. The second-order valence-corrected chi connectivity index (χ2v) is 4.93. The fourth-order valence-electron chi connectivity index (χ4n) is 2.70. The minimum atomic E-state index is 0.249. The van der Waals surface area contributed by atoms with Crippen LogP contribution in [0.1, 0.15) is 32.2 Å². The number of hydrogen-bond donors (Lipinski definition) is 1. The fourth-order valence-corrected chi connectivity index (χ4v) is 2.70. The number of methoxy groups -OCH3 is 2. The quantitative estimate of drug-likeness (QED) is 0.843. The smallest absolute Gasteiger partial charge is 0.203 e. The lowest BCUT2D eigenvalue weighted by Crippen LogP contribution is -2.26. The standard InChI is InChI=1S/C13H23N3O2/c1-10(9-17-2)15-13-14-7-8-16(13)11-5-4-6-12(11)18-3/h7-8,10-12H,4-6,9H2,1-3H3,(H,14,15). The van der Waals surface area contributed by atoms with E-state index in [1.165, 1.54) is 6.42 Å². The lowest BCUT2D eigenvalue weighted by Gasteiger charge is -2.23. The zero-order valence-electron chi connectivity index (χ0n) is 11.4. The molecule has 0 amide bonds. The van der Waals surface area contributed by atoms with E-state index in [1.54, 1.807) is 14.2 Å². The van der Waals surface area contributed by atoms with E-state index in [0.29, 0.717) is 18.8 Å². The first-order valence-electron chi connectivity index (χ1n) is 6.57. The van der Waals surface area contributed by atoms with E-state index >= 15 is 0 Å². The molecule has 3 unspecified atom stereocenters. The zero-order chi connectivity index (χ0) is 13.0. The van der Waals surface area contributed by atoms with Gasteiger partial charge < -0.3 is 19.4 Å². The van der Waals surface area contributed by atoms with Gasteiger partial charge in [-0.3, -0.25) is 0 Å². The number of hydrogen-bond acceptors (Lipinski definition) is 4. The summed E-state index contributed by atoms with van der Waals surface area (Å²) in [4.78, 5) is 4.39. The van der Waals surface area contributed by atoms with Crippen LogP contribution in [-0.2, 0) is 9.47 Å². The van der Waals surface area contributed by atoms with Gasteiger partial charge in [-0.15, -0.1) is 0 Å². The van der Waals surface area contributed by atoms with Gasteiger partial charge in [0.05, 0.1) is 18.8 Å². The molecular weight excluding hydrogens is 230 g/mol. The van der Waals surface area contributed by atoms with Gasteiger partial charge in [0.2, 0.25) is 5.95 Å². The molecule has 0 radical (unpaired) electrons. The molecule has 1 aliphatic rings. The second-order valence-electron chi connectivity index (χ2n) is 4.93. The topological polar surface area (TPSA) is 48.3 Å². The van der Waals surface area contributed by atoms with E-state index in [-0.39, 0.29) is 6.04 Å². The molecule has 2 rings (SSSR count). The minimum Gasteiger partial charge on any atom is -0.383 e. The van der Waals surface area contributed by atoms with Gasteiger partial charge in [-0.25, -0.2) is 4.98 Å². The summed E-state index contributed by atoms with van der Waals surface area (Å²) < 4.78 is 12.9. The fraction of sp³-hybridized carbons (Fsp3) is 0.769. The highest BCUT2D eigenvalue weighted by Crippen LogP contribution is 2.33. The van der Waals surface area contributed by atoms with E-state index in [2.05, 4.69) is 21.8 Å². The Balaban J connectivity index is 2.07. The monoisotopic (exact) mass is 253 g/mol. The Morgan fingerprint density at radius 3 is 3.06 bits per heavy atom. The highest BCUT2D eigenvalue weighted by atomic mass is 16.5. The lowest BCUT2D eigenvalue weighted by molar-refractivity contribution is 0.0754. The Kier molecular flexibility index (Phi) is 4.60. The Hall–Kier alpha value is -1.07. The summed E-state index contributed by atoms with van der Waals surface area (Å²) in [6.45, 7) is 2.76. The lowest BCUT2D eigenvalue weighted by atomic mass is 10.2. The third kappa shape index (κ3) is 2.84. The van der Waals surface area contributed by atoms with Crippen molar-refractivity contribution in [3.05, 3.63) is 12.4 Å². The molecule has 0 aliphatic heterocycles. The Morgan fingerprint density at radius 1 is 1.50 bits per heavy atom. The molecule has 0 bridgehead atoms. The molecule has 1 fully saturated rings. The summed E-state index contributed by atoms with van der Waals surface area (Å²) in [5.41, 5.74) is 0. The molecule has 1 aromatic rings. The molecule has 5 heteroatoms. The normalized spacial score (nSPS) is 25.3. The molecule has 5 nitrogen and oxygen atoms in total. The van der Waals surface area contributed by atoms with Crippen molar-refractivity contribution < 1.29 is 9.47 Å². The number of rotatable bonds is 6. The third-order valence-corrected chi connectivity index (χ3v) is 3.54. The average Bonchev–Trinajstić information content (AvgIpc) is 2.96. The molecule has 0 saturated heterocycles. The SMILES string of the molecule is COCC(C)Nc1nccn1C1CCCC1OC. The van der Waals surface area contributed by atoms with Crippen LogP contribution < -0.4 is 5.32 Å². The maximum Gasteiger partial charge on any atom is 0.203 e. The van der Waals surface area contributed by atoms with Crippen molar-refractivity contribution in [2.75, 3.05) is 26.1 Å². The van der Waals surface area contributed by atoms with Crippen molar-refractivity contribution in [2.24, 2.45) is 0 Å². The van der Waals surface area contributed by atoms with Crippen LogP contribution in [0, 0.1) is 0 Å². The Morgan fingerprint density at radius 2 is 2.33 bits per heavy atom. The van der Waals surface area contributed by atoms with E-state index in [0.717, 1.165) is 18.8 Å². The predicted molar refractivity (Wildman–Crippen MR) is 70.9 cm³/mol. The number of nitrogens with one attached hydrogen (secondary N) is 1. The molecule has 1 saturated carbocycles. The maximum absolute atomic E-state index is 5.55. The van der Waals surface area contributed by atoms with Crippen LogP contribution in [0.5, 0.6) is 0 Å². The van der Waals surface area contributed by atoms with Crippen LogP contribution in [0.15, 0.2) is 12.4 Å². The first kappa shape index (κ1) is 13.4. The van der Waals surface area contributed by atoms with Crippen LogP contribution in [0.25, 0.3) is 0 Å². The van der Waals surface area contributed by atoms with Gasteiger partial charge in [0.1, 0.15) is 0 Å². The first-order valence-corrected chi connectivity index (χ1v) is 6.57. The van der Waals surface area contributed by atoms with E-state index in [4.69, 9.17) is 9.47 Å². The number of nitrogens with zero attached hydrogens (tertiary/aromatic N) is 2. The molecule has 102 valence electrons. The average molecular weight is 253 g/mol. The van der Waals surface area contributed by atoms with Crippen molar-refractivity contribution in [1.29, 1.82) is 0 Å². The van der Waals surface area contributed by atoms with E-state index < -0.39 is 0 Å². The highest BCUT2D eigenvalue weighted by molar-refractivity contribution is 5.28. The summed E-state index contributed by atoms with van der Waals surface area (Å²) in [5.74, 6) is 0.911. The molecule has 1 N–H and O–H groups in total. The number of ether oxygens (including phenoxy) is 2. The van der Waals surface area contributed by atoms with Crippen molar-refractivity contribution in [3.8, 4) is 0 Å². The number of aromatic nitrogens is 2. The van der Waals surface area contributed by atoms with Gasteiger partial charge >= 0.3 is 0 Å². The Labute approximate surface area is 108 Å². The second kappa shape index (κ2) is 6.20. The molecule has 1 heterocycles. The predicted octanol–water partition coefficient (Wildman–Crippen LogP) is 2.07. The van der Waals surface area contributed by atoms with Crippen LogP contribution in [0.4, 0.5) is 5.95 Å². The highest BCUT2D eigenvalue weighted by Gasteiger charge is 2.30. The summed E-state index contributed by atoms with van der Waals surface area (Å²) in [6, 6.07) is 0.647. The van der Waals surface area contributed by atoms with Crippen molar-refractivity contribution in [3.63, 3.8) is 0 Å². The summed E-state index contributed by atoms with van der Waals surface area (Å²) in [7, 11) is 3.50. The molecule has 0 aromatic carbocycles. The van der Waals surface area contributed by atoms with Gasteiger partial charge in [-0.1, -0.05) is 0 Å². The van der Waals surface area contributed by atoms with Crippen molar-refractivity contribution in [1.82, 2.24) is 9.55 Å². The third-order valence-electron chi connectivity index (χ3n) is 3.54. The summed E-state index contributed by atoms with van der Waals surface area (Å²) >= 11 is 0. The maximum atomic E-state index is 5.55. The van der Waals surface area contributed by atoms with Crippen molar-refractivity contribution in [2.45, 2.75) is 44.4 Å². The molecule has 18 heavy (non-hydrogen) atoms. The van der Waals surface area contributed by atoms with Crippen LogP contribution >= 0.6 is 0 Å². The molecular formula is C13H23N3O2. The number of imidazole rings is 1. The van der Waals surface area contributed by atoms with Gasteiger partial charge in [0, 0.05) is 32.7 Å². The minimum absolute atomic E-state index is 0.249. The van der Waals surface area contributed by atoms with Gasteiger partial charge in [0.25, 0.3) is 0 Å². The molecule has 1 aromatic heterocycles. The first-order chi connectivity index (χ1) is 8.76. The Bertz CT molecular complexity index is 367. The molecule has 0 spiro atoms. The van der Waals surface area contributed by atoms with Gasteiger partial charge in [-0.2, -0.15) is 0 Å². The van der Waals surface area contributed by atoms with Gasteiger partial charge in [-0.05, 0) is 26.2 Å². The van der Waals surface area contributed by atoms with E-state index in [1.807, 2.05) is 12.4 Å². The van der Waals surface area contributed by atoms with Crippen LogP contribution in [-0.4, -0.2) is 42.5 Å². The largest absolute Gasteiger partial charge is 0.383 e. The van der Waals surface area contributed by atoms with Gasteiger partial charge in [0.15, 0.2) is 0 Å². The van der Waals surface area contributed by atoms with Crippen LogP contribution in [0.2, 0.25) is 0 Å². The molecule has 1 aliphatic carbocycles. The van der Waals surface area contributed by atoms with Crippen LogP contribution in [0.3, 0.4) is 0 Å². The van der Waals surface area contributed by atoms with Crippen molar-refractivity contribution >= 4 is 5.95 Å².